The minimum absolute atomic E-state index is 0. The second-order valence-electron chi connectivity index (χ2n) is 2.97. The summed E-state index contributed by atoms with van der Waals surface area (Å²) in [6, 6.07) is 0. The molecule has 2 N–H and O–H groups in total. The Morgan fingerprint density at radius 2 is 2.00 bits per heavy atom. The summed E-state index contributed by atoms with van der Waals surface area (Å²) in [6.45, 7) is 5.49. The summed E-state index contributed by atoms with van der Waals surface area (Å²) in [7, 11) is 0. The van der Waals surface area contributed by atoms with Gasteiger partial charge >= 0.3 is 0 Å². The maximum absolute atomic E-state index is 9.76. The number of hydrogen-bond donors (Lipinski definition) is 2. The number of piperidine rings is 1. The van der Waals surface area contributed by atoms with Crippen LogP contribution >= 0.6 is 12.4 Å². The molecule has 2 nitrogen and oxygen atoms in total. The van der Waals surface area contributed by atoms with E-state index in [1.165, 1.54) is 0 Å². The average Bonchev–Trinajstić information content (AvgIpc) is 1.89. The van der Waals surface area contributed by atoms with E-state index in [1.54, 1.807) is 6.08 Å². The largest absolute Gasteiger partial charge is 0.389 e. The fourth-order valence-electron chi connectivity index (χ4n) is 1.36. The Morgan fingerprint density at radius 3 is 2.45 bits per heavy atom. The van der Waals surface area contributed by atoms with E-state index in [0.29, 0.717) is 0 Å². The smallest absolute Gasteiger partial charge is 0.0706 e. The third kappa shape index (κ3) is 3.23. The summed E-state index contributed by atoms with van der Waals surface area (Å²) in [4.78, 5) is 0. The molecule has 1 rings (SSSR count). The van der Waals surface area contributed by atoms with Crippen molar-refractivity contribution >= 4 is 12.4 Å². The molecule has 1 fully saturated rings. The van der Waals surface area contributed by atoms with Gasteiger partial charge in [0.25, 0.3) is 0 Å². The molecule has 66 valence electrons. The van der Waals surface area contributed by atoms with Gasteiger partial charge in [0.2, 0.25) is 0 Å². The highest BCUT2D eigenvalue weighted by atomic mass is 35.5. The molecule has 0 saturated carbocycles. The van der Waals surface area contributed by atoms with Crippen molar-refractivity contribution in [3.63, 3.8) is 0 Å². The molecule has 0 atom stereocenters. The van der Waals surface area contributed by atoms with E-state index in [4.69, 9.17) is 0 Å². The molecular weight excluding hydrogens is 162 g/mol. The lowest BCUT2D eigenvalue weighted by atomic mass is 9.89. The van der Waals surface area contributed by atoms with Gasteiger partial charge in [-0.3, -0.25) is 0 Å². The van der Waals surface area contributed by atoms with Gasteiger partial charge in [-0.1, -0.05) is 6.08 Å². The molecular formula is C8H16ClNO. The number of halogens is 1. The first kappa shape index (κ1) is 11.0. The van der Waals surface area contributed by atoms with Crippen LogP contribution in [0.3, 0.4) is 0 Å². The van der Waals surface area contributed by atoms with Crippen LogP contribution < -0.4 is 5.32 Å². The highest BCUT2D eigenvalue weighted by Crippen LogP contribution is 2.21. The molecule has 3 heteroatoms. The molecule has 0 aliphatic carbocycles. The molecule has 0 amide bonds. The lowest BCUT2D eigenvalue weighted by Gasteiger charge is -2.31. The average molecular weight is 178 g/mol. The van der Waals surface area contributed by atoms with Crippen LogP contribution in [0, 0.1) is 0 Å². The summed E-state index contributed by atoms with van der Waals surface area (Å²) in [5.74, 6) is 0. The Balaban J connectivity index is 0.000001000. The number of nitrogens with one attached hydrogen (secondary N) is 1. The first-order valence-electron chi connectivity index (χ1n) is 3.81. The third-order valence-corrected chi connectivity index (χ3v) is 2.06. The second kappa shape index (κ2) is 4.75. The predicted molar refractivity (Wildman–Crippen MR) is 49.1 cm³/mol. The van der Waals surface area contributed by atoms with Crippen molar-refractivity contribution in [2.45, 2.75) is 24.9 Å². The van der Waals surface area contributed by atoms with Gasteiger partial charge in [0.15, 0.2) is 0 Å². The zero-order valence-corrected chi connectivity index (χ0v) is 7.49. The van der Waals surface area contributed by atoms with Crippen LogP contribution in [0.15, 0.2) is 12.7 Å². The van der Waals surface area contributed by atoms with Crippen LogP contribution in [0.5, 0.6) is 0 Å². The van der Waals surface area contributed by atoms with Crippen LogP contribution in [-0.2, 0) is 0 Å². The lowest BCUT2D eigenvalue weighted by molar-refractivity contribution is 0.0134. The first-order valence-corrected chi connectivity index (χ1v) is 3.81. The maximum atomic E-state index is 9.76. The topological polar surface area (TPSA) is 32.3 Å². The van der Waals surface area contributed by atoms with Crippen LogP contribution in [-0.4, -0.2) is 23.8 Å². The number of aliphatic hydroxyl groups is 1. The zero-order chi connectivity index (χ0) is 7.45. The van der Waals surface area contributed by atoms with Crippen molar-refractivity contribution in [3.8, 4) is 0 Å². The number of rotatable bonds is 2. The van der Waals surface area contributed by atoms with Crippen molar-refractivity contribution in [1.29, 1.82) is 0 Å². The summed E-state index contributed by atoms with van der Waals surface area (Å²) in [6.07, 6.45) is 4.25. The van der Waals surface area contributed by atoms with Crippen molar-refractivity contribution < 1.29 is 5.11 Å². The van der Waals surface area contributed by atoms with E-state index in [-0.39, 0.29) is 12.4 Å². The fraction of sp³-hybridized carbons (Fsp3) is 0.750. The molecule has 1 saturated heterocycles. The molecule has 0 unspecified atom stereocenters. The number of hydrogen-bond acceptors (Lipinski definition) is 2. The monoisotopic (exact) mass is 177 g/mol. The summed E-state index contributed by atoms with van der Waals surface area (Å²) >= 11 is 0. The molecule has 1 heterocycles. The van der Waals surface area contributed by atoms with Crippen LogP contribution in [0.25, 0.3) is 0 Å². The minimum Gasteiger partial charge on any atom is -0.389 e. The van der Waals surface area contributed by atoms with Crippen LogP contribution in [0.4, 0.5) is 0 Å². The van der Waals surface area contributed by atoms with E-state index in [2.05, 4.69) is 11.9 Å². The van der Waals surface area contributed by atoms with Gasteiger partial charge in [-0.2, -0.15) is 0 Å². The zero-order valence-electron chi connectivity index (χ0n) is 6.68. The highest BCUT2D eigenvalue weighted by Gasteiger charge is 2.26. The maximum Gasteiger partial charge on any atom is 0.0706 e. The SMILES string of the molecule is C=CCC1(O)CCNCC1.Cl. The van der Waals surface area contributed by atoms with E-state index < -0.39 is 5.60 Å². The first-order chi connectivity index (χ1) is 4.77. The van der Waals surface area contributed by atoms with Crippen molar-refractivity contribution in [2.75, 3.05) is 13.1 Å². The molecule has 0 aromatic carbocycles. The van der Waals surface area contributed by atoms with Gasteiger partial charge in [0, 0.05) is 0 Å². The summed E-state index contributed by atoms with van der Waals surface area (Å²) < 4.78 is 0. The van der Waals surface area contributed by atoms with Crippen LogP contribution in [0.1, 0.15) is 19.3 Å². The third-order valence-electron chi connectivity index (χ3n) is 2.06. The highest BCUT2D eigenvalue weighted by molar-refractivity contribution is 5.85. The molecule has 1 aliphatic rings. The predicted octanol–water partition coefficient (Wildman–Crippen LogP) is 1.10. The minimum atomic E-state index is -0.451. The van der Waals surface area contributed by atoms with E-state index in [9.17, 15) is 5.11 Å². The Labute approximate surface area is 74.1 Å². The van der Waals surface area contributed by atoms with Crippen molar-refractivity contribution in [2.24, 2.45) is 0 Å². The quantitative estimate of drug-likeness (QED) is 0.620. The summed E-state index contributed by atoms with van der Waals surface area (Å²) in [5, 5.41) is 13.0. The molecule has 1 aliphatic heterocycles. The van der Waals surface area contributed by atoms with Crippen LogP contribution in [0.2, 0.25) is 0 Å². The Morgan fingerprint density at radius 1 is 1.45 bits per heavy atom. The Hall–Kier alpha value is -0.0500. The standard InChI is InChI=1S/C8H15NO.ClH/c1-2-3-8(10)4-6-9-7-5-8;/h2,9-10H,1,3-7H2;1H. The molecule has 0 spiro atoms. The second-order valence-corrected chi connectivity index (χ2v) is 2.97. The normalized spacial score (nSPS) is 21.9. The van der Waals surface area contributed by atoms with Gasteiger partial charge in [0.05, 0.1) is 5.60 Å². The van der Waals surface area contributed by atoms with Gasteiger partial charge in [-0.15, -0.1) is 19.0 Å². The molecule has 0 radical (unpaired) electrons. The van der Waals surface area contributed by atoms with Crippen molar-refractivity contribution in [3.05, 3.63) is 12.7 Å². The Bertz CT molecular complexity index is 121. The van der Waals surface area contributed by atoms with Gasteiger partial charge < -0.3 is 10.4 Å². The van der Waals surface area contributed by atoms with Gasteiger partial charge in [0.1, 0.15) is 0 Å². The summed E-state index contributed by atoms with van der Waals surface area (Å²) in [5.41, 5.74) is -0.451. The molecule has 0 aromatic rings. The molecule has 0 bridgehead atoms. The van der Waals surface area contributed by atoms with Crippen molar-refractivity contribution in [1.82, 2.24) is 5.32 Å². The molecule has 0 aromatic heterocycles. The van der Waals surface area contributed by atoms with E-state index in [1.807, 2.05) is 0 Å². The fourth-order valence-corrected chi connectivity index (χ4v) is 1.36. The molecule has 11 heavy (non-hydrogen) atoms. The Kier molecular flexibility index (Phi) is 4.73. The van der Waals surface area contributed by atoms with Gasteiger partial charge in [-0.05, 0) is 32.4 Å². The van der Waals surface area contributed by atoms with Gasteiger partial charge in [-0.25, -0.2) is 0 Å². The lowest BCUT2D eigenvalue weighted by Crippen LogP contribution is -2.41. The van der Waals surface area contributed by atoms with E-state index >= 15 is 0 Å². The van der Waals surface area contributed by atoms with E-state index in [0.717, 1.165) is 32.4 Å².